The van der Waals surface area contributed by atoms with Crippen molar-refractivity contribution in [1.29, 1.82) is 0 Å². The molecule has 2 heteroatoms. The zero-order chi connectivity index (χ0) is 8.85. The third-order valence-electron chi connectivity index (χ3n) is 1.89. The summed E-state index contributed by atoms with van der Waals surface area (Å²) < 4.78 is 0. The number of hydrogen-bond acceptors (Lipinski definition) is 2. The van der Waals surface area contributed by atoms with Gasteiger partial charge < -0.3 is 0 Å². The zero-order valence-electron chi connectivity index (χ0n) is 8.00. The Labute approximate surface area is 80.9 Å². The Bertz CT molecular complexity index is 91.6. The molecule has 0 fully saturated rings. The van der Waals surface area contributed by atoms with Gasteiger partial charge in [-0.05, 0) is 23.3 Å². The molecular formula is C9H20S2. The third-order valence-corrected chi connectivity index (χ3v) is 4.35. The van der Waals surface area contributed by atoms with Crippen molar-refractivity contribution in [3.8, 4) is 0 Å². The monoisotopic (exact) mass is 192 g/mol. The molecular weight excluding hydrogens is 172 g/mol. The lowest BCUT2D eigenvalue weighted by Gasteiger charge is -2.16. The molecule has 11 heavy (non-hydrogen) atoms. The molecule has 2 unspecified atom stereocenters. The molecule has 0 rings (SSSR count). The number of rotatable bonds is 5. The minimum atomic E-state index is 0.754. The second-order valence-corrected chi connectivity index (χ2v) is 5.35. The van der Waals surface area contributed by atoms with Crippen molar-refractivity contribution in [2.24, 2.45) is 11.8 Å². The fraction of sp³-hybridized carbons (Fsp3) is 1.00. The van der Waals surface area contributed by atoms with Crippen LogP contribution in [0.4, 0.5) is 0 Å². The molecule has 0 spiro atoms. The molecule has 0 N–H and O–H groups in total. The first kappa shape index (κ1) is 11.7. The van der Waals surface area contributed by atoms with Gasteiger partial charge in [0.05, 0.1) is 0 Å². The summed E-state index contributed by atoms with van der Waals surface area (Å²) in [5.74, 6) is 3.82. The summed E-state index contributed by atoms with van der Waals surface area (Å²) in [6.07, 6.45) is 0. The molecule has 0 bridgehead atoms. The molecule has 0 saturated carbocycles. The van der Waals surface area contributed by atoms with Gasteiger partial charge in [-0.1, -0.05) is 27.7 Å². The predicted octanol–water partition coefficient (Wildman–Crippen LogP) is 3.33. The minimum absolute atomic E-state index is 0.754. The van der Waals surface area contributed by atoms with Crippen molar-refractivity contribution in [3.05, 3.63) is 0 Å². The van der Waals surface area contributed by atoms with Crippen molar-refractivity contribution < 1.29 is 0 Å². The smallest absolute Gasteiger partial charge is 0.00418 e. The van der Waals surface area contributed by atoms with Crippen LogP contribution in [0, 0.1) is 11.8 Å². The lowest BCUT2D eigenvalue weighted by Crippen LogP contribution is -2.10. The second-order valence-electron chi connectivity index (χ2n) is 3.57. The quantitative estimate of drug-likeness (QED) is 0.652. The SMILES string of the molecule is CC(CS)CSC(C)C(C)C. The van der Waals surface area contributed by atoms with E-state index in [1.54, 1.807) is 0 Å². The second kappa shape index (κ2) is 6.24. The summed E-state index contributed by atoms with van der Waals surface area (Å²) in [7, 11) is 0. The maximum absolute atomic E-state index is 4.26. The van der Waals surface area contributed by atoms with Crippen molar-refractivity contribution in [1.82, 2.24) is 0 Å². The number of thiol groups is 1. The Hall–Kier alpha value is 0.700. The Morgan fingerprint density at radius 1 is 1.18 bits per heavy atom. The summed E-state index contributed by atoms with van der Waals surface area (Å²) in [5, 5.41) is 0.789. The molecule has 68 valence electrons. The van der Waals surface area contributed by atoms with Crippen LogP contribution in [0.3, 0.4) is 0 Å². The number of hydrogen-bond donors (Lipinski definition) is 1. The summed E-state index contributed by atoms with van der Waals surface area (Å²) in [6.45, 7) is 9.12. The van der Waals surface area contributed by atoms with E-state index in [0.717, 1.165) is 22.8 Å². The molecule has 0 heterocycles. The Morgan fingerprint density at radius 3 is 2.09 bits per heavy atom. The van der Waals surface area contributed by atoms with Crippen LogP contribution in [0.5, 0.6) is 0 Å². The van der Waals surface area contributed by atoms with Crippen LogP contribution in [0.25, 0.3) is 0 Å². The van der Waals surface area contributed by atoms with Crippen molar-refractivity contribution in [3.63, 3.8) is 0 Å². The van der Waals surface area contributed by atoms with E-state index in [0.29, 0.717) is 0 Å². The lowest BCUT2D eigenvalue weighted by atomic mass is 10.2. The first-order valence-electron chi connectivity index (χ1n) is 4.30. The number of thioether (sulfide) groups is 1. The molecule has 0 saturated heterocycles. The zero-order valence-corrected chi connectivity index (χ0v) is 9.71. The molecule has 0 aliphatic heterocycles. The molecule has 0 aliphatic carbocycles. The fourth-order valence-corrected chi connectivity index (χ4v) is 2.00. The summed E-state index contributed by atoms with van der Waals surface area (Å²) in [5.41, 5.74) is 0. The van der Waals surface area contributed by atoms with Gasteiger partial charge in [-0.15, -0.1) is 0 Å². The maximum Gasteiger partial charge on any atom is 0.00418 e. The highest BCUT2D eigenvalue weighted by molar-refractivity contribution is 7.99. The van der Waals surface area contributed by atoms with Crippen LogP contribution in [-0.4, -0.2) is 16.8 Å². The van der Waals surface area contributed by atoms with Gasteiger partial charge in [-0.2, -0.15) is 24.4 Å². The minimum Gasteiger partial charge on any atom is -0.179 e. The van der Waals surface area contributed by atoms with Crippen molar-refractivity contribution in [2.45, 2.75) is 32.9 Å². The average Bonchev–Trinajstić information content (AvgIpc) is 1.99. The van der Waals surface area contributed by atoms with Gasteiger partial charge in [-0.3, -0.25) is 0 Å². The van der Waals surface area contributed by atoms with Crippen LogP contribution in [0.1, 0.15) is 27.7 Å². The summed E-state index contributed by atoms with van der Waals surface area (Å²) >= 11 is 6.32. The Balaban J connectivity index is 3.37. The Kier molecular flexibility index (Phi) is 6.64. The predicted molar refractivity (Wildman–Crippen MR) is 59.8 cm³/mol. The molecule has 0 aromatic rings. The van der Waals surface area contributed by atoms with Gasteiger partial charge in [0.1, 0.15) is 0 Å². The van der Waals surface area contributed by atoms with E-state index in [-0.39, 0.29) is 0 Å². The van der Waals surface area contributed by atoms with Gasteiger partial charge in [0, 0.05) is 5.25 Å². The molecule has 0 radical (unpaired) electrons. The fourth-order valence-electron chi connectivity index (χ4n) is 0.561. The first-order valence-corrected chi connectivity index (χ1v) is 5.98. The van der Waals surface area contributed by atoms with Crippen LogP contribution >= 0.6 is 24.4 Å². The summed E-state index contributed by atoms with van der Waals surface area (Å²) in [6, 6.07) is 0. The normalized spacial score (nSPS) is 16.9. The van der Waals surface area contributed by atoms with Gasteiger partial charge in [0.25, 0.3) is 0 Å². The molecule has 0 aromatic carbocycles. The van der Waals surface area contributed by atoms with Gasteiger partial charge in [-0.25, -0.2) is 0 Å². The van der Waals surface area contributed by atoms with E-state index in [1.807, 2.05) is 0 Å². The third kappa shape index (κ3) is 5.92. The first-order chi connectivity index (χ1) is 5.07. The topological polar surface area (TPSA) is 0 Å². The van der Waals surface area contributed by atoms with E-state index in [2.05, 4.69) is 52.1 Å². The van der Waals surface area contributed by atoms with E-state index < -0.39 is 0 Å². The molecule has 0 aromatic heterocycles. The van der Waals surface area contributed by atoms with E-state index in [9.17, 15) is 0 Å². The standard InChI is InChI=1S/C9H20S2/c1-7(2)9(4)11-6-8(3)5-10/h7-10H,5-6H2,1-4H3. The van der Waals surface area contributed by atoms with Crippen molar-refractivity contribution >= 4 is 24.4 Å². The van der Waals surface area contributed by atoms with E-state index in [1.165, 1.54) is 5.75 Å². The molecule has 0 aliphatic rings. The Morgan fingerprint density at radius 2 is 1.73 bits per heavy atom. The molecule has 0 nitrogen and oxygen atoms in total. The molecule has 2 atom stereocenters. The maximum atomic E-state index is 4.26. The van der Waals surface area contributed by atoms with E-state index >= 15 is 0 Å². The average molecular weight is 192 g/mol. The van der Waals surface area contributed by atoms with Crippen molar-refractivity contribution in [2.75, 3.05) is 11.5 Å². The highest BCUT2D eigenvalue weighted by Gasteiger charge is 2.08. The van der Waals surface area contributed by atoms with Crippen LogP contribution in [-0.2, 0) is 0 Å². The summed E-state index contributed by atoms with van der Waals surface area (Å²) in [4.78, 5) is 0. The van der Waals surface area contributed by atoms with Gasteiger partial charge >= 0.3 is 0 Å². The lowest BCUT2D eigenvalue weighted by molar-refractivity contribution is 0.638. The molecule has 0 amide bonds. The van der Waals surface area contributed by atoms with Crippen LogP contribution < -0.4 is 0 Å². The highest BCUT2D eigenvalue weighted by atomic mass is 32.2. The van der Waals surface area contributed by atoms with Gasteiger partial charge in [0.2, 0.25) is 0 Å². The van der Waals surface area contributed by atoms with Gasteiger partial charge in [0.15, 0.2) is 0 Å². The van der Waals surface area contributed by atoms with Crippen LogP contribution in [0.2, 0.25) is 0 Å². The van der Waals surface area contributed by atoms with Crippen LogP contribution in [0.15, 0.2) is 0 Å². The largest absolute Gasteiger partial charge is 0.179 e. The van der Waals surface area contributed by atoms with E-state index in [4.69, 9.17) is 0 Å². The highest BCUT2D eigenvalue weighted by Crippen LogP contribution is 2.21.